The Bertz CT molecular complexity index is 260. The third-order valence-electron chi connectivity index (χ3n) is 4.03. The molecule has 0 radical (unpaired) electrons. The van der Waals surface area contributed by atoms with E-state index >= 15 is 0 Å². The summed E-state index contributed by atoms with van der Waals surface area (Å²) in [7, 11) is 1.96. The third-order valence-corrected chi connectivity index (χ3v) is 4.03. The summed E-state index contributed by atoms with van der Waals surface area (Å²) in [6.07, 6.45) is 6.11. The van der Waals surface area contributed by atoms with Crippen LogP contribution in [-0.2, 0) is 4.79 Å². The number of nitrogens with one attached hydrogen (secondary N) is 1. The Balaban J connectivity index is 0.00000144. The zero-order chi connectivity index (χ0) is 11.6. The van der Waals surface area contributed by atoms with E-state index in [4.69, 9.17) is 0 Å². The van der Waals surface area contributed by atoms with Gasteiger partial charge in [0.25, 0.3) is 0 Å². The summed E-state index contributed by atoms with van der Waals surface area (Å²) in [5, 5.41) is 3.34. The fraction of sp³-hybridized carbons (Fsp3) is 0.923. The maximum atomic E-state index is 12.3. The zero-order valence-electron chi connectivity index (χ0n) is 11.0. The predicted molar refractivity (Wildman–Crippen MR) is 72.4 cm³/mol. The van der Waals surface area contributed by atoms with Gasteiger partial charge in [-0.25, -0.2) is 0 Å². The second-order valence-electron chi connectivity index (χ2n) is 5.80. The summed E-state index contributed by atoms with van der Waals surface area (Å²) in [5.41, 5.74) is -0.156. The van der Waals surface area contributed by atoms with Crippen LogP contribution in [0.1, 0.15) is 39.0 Å². The van der Waals surface area contributed by atoms with E-state index in [0.717, 1.165) is 38.4 Å². The van der Waals surface area contributed by atoms with Crippen LogP contribution in [0.3, 0.4) is 0 Å². The lowest BCUT2D eigenvalue weighted by Crippen LogP contribution is -2.49. The average molecular weight is 261 g/mol. The SMILES string of the molecule is CN(CCC1CC1)C(=O)C1(C)CCCNC1.Cl. The number of carbonyl (C=O) groups excluding carboxylic acids is 1. The van der Waals surface area contributed by atoms with Crippen LogP contribution in [0.5, 0.6) is 0 Å². The minimum absolute atomic E-state index is 0. The molecule has 1 aliphatic heterocycles. The van der Waals surface area contributed by atoms with Gasteiger partial charge in [0.05, 0.1) is 5.41 Å². The first-order valence-electron chi connectivity index (χ1n) is 6.58. The van der Waals surface area contributed by atoms with Crippen molar-refractivity contribution in [2.24, 2.45) is 11.3 Å². The lowest BCUT2D eigenvalue weighted by atomic mass is 9.81. The van der Waals surface area contributed by atoms with E-state index in [9.17, 15) is 4.79 Å². The Kier molecular flexibility index (Phi) is 5.26. The smallest absolute Gasteiger partial charge is 0.229 e. The molecule has 100 valence electrons. The molecule has 3 nitrogen and oxygen atoms in total. The number of carbonyl (C=O) groups is 1. The highest BCUT2D eigenvalue weighted by Gasteiger charge is 2.36. The molecule has 1 saturated heterocycles. The Labute approximate surface area is 111 Å². The van der Waals surface area contributed by atoms with Crippen LogP contribution in [0.25, 0.3) is 0 Å². The van der Waals surface area contributed by atoms with Crippen LogP contribution in [0, 0.1) is 11.3 Å². The Hall–Kier alpha value is -0.280. The van der Waals surface area contributed by atoms with Gasteiger partial charge in [0.2, 0.25) is 5.91 Å². The van der Waals surface area contributed by atoms with Crippen molar-refractivity contribution < 1.29 is 4.79 Å². The second-order valence-corrected chi connectivity index (χ2v) is 5.80. The summed E-state index contributed by atoms with van der Waals surface area (Å²) in [6, 6.07) is 0. The van der Waals surface area contributed by atoms with Crippen molar-refractivity contribution in [3.05, 3.63) is 0 Å². The summed E-state index contributed by atoms with van der Waals surface area (Å²) < 4.78 is 0. The minimum Gasteiger partial charge on any atom is -0.345 e. The van der Waals surface area contributed by atoms with Gasteiger partial charge >= 0.3 is 0 Å². The van der Waals surface area contributed by atoms with Crippen LogP contribution in [0.15, 0.2) is 0 Å². The van der Waals surface area contributed by atoms with Gasteiger partial charge in [0, 0.05) is 20.1 Å². The fourth-order valence-electron chi connectivity index (χ4n) is 2.58. The molecule has 0 aromatic rings. The summed E-state index contributed by atoms with van der Waals surface area (Å²) in [5.74, 6) is 1.24. The second kappa shape index (κ2) is 6.05. The fourth-order valence-corrected chi connectivity index (χ4v) is 2.58. The van der Waals surface area contributed by atoms with Gasteiger partial charge < -0.3 is 10.2 Å². The van der Waals surface area contributed by atoms with E-state index in [1.807, 2.05) is 11.9 Å². The molecule has 0 spiro atoms. The molecule has 0 bridgehead atoms. The van der Waals surface area contributed by atoms with Crippen LogP contribution in [-0.4, -0.2) is 37.5 Å². The topological polar surface area (TPSA) is 32.3 Å². The molecule has 2 fully saturated rings. The molecule has 1 saturated carbocycles. The molecule has 17 heavy (non-hydrogen) atoms. The summed E-state index contributed by atoms with van der Waals surface area (Å²) in [6.45, 7) is 4.96. The van der Waals surface area contributed by atoms with Crippen molar-refractivity contribution >= 4 is 18.3 Å². The van der Waals surface area contributed by atoms with Gasteiger partial charge in [-0.15, -0.1) is 12.4 Å². The van der Waals surface area contributed by atoms with Gasteiger partial charge in [-0.1, -0.05) is 12.8 Å². The van der Waals surface area contributed by atoms with Gasteiger partial charge in [0.1, 0.15) is 0 Å². The number of halogens is 1. The average Bonchev–Trinajstić information content (AvgIpc) is 3.09. The number of amides is 1. The van der Waals surface area contributed by atoms with E-state index in [0.29, 0.717) is 5.91 Å². The van der Waals surface area contributed by atoms with E-state index in [-0.39, 0.29) is 17.8 Å². The van der Waals surface area contributed by atoms with Crippen molar-refractivity contribution in [2.45, 2.75) is 39.0 Å². The molecule has 2 rings (SSSR count). The molecule has 0 aromatic heterocycles. The van der Waals surface area contributed by atoms with Crippen molar-refractivity contribution in [1.82, 2.24) is 10.2 Å². The molecular weight excluding hydrogens is 236 g/mol. The van der Waals surface area contributed by atoms with Crippen LogP contribution < -0.4 is 5.32 Å². The van der Waals surface area contributed by atoms with Crippen LogP contribution in [0.4, 0.5) is 0 Å². The summed E-state index contributed by atoms with van der Waals surface area (Å²) in [4.78, 5) is 14.3. The Morgan fingerprint density at radius 2 is 2.18 bits per heavy atom. The van der Waals surface area contributed by atoms with Crippen molar-refractivity contribution in [2.75, 3.05) is 26.7 Å². The molecule has 4 heteroatoms. The Morgan fingerprint density at radius 1 is 1.47 bits per heavy atom. The first-order chi connectivity index (χ1) is 7.62. The van der Waals surface area contributed by atoms with Gasteiger partial charge in [-0.3, -0.25) is 4.79 Å². The molecule has 1 amide bonds. The minimum atomic E-state index is -0.156. The van der Waals surface area contributed by atoms with Crippen molar-refractivity contribution in [3.63, 3.8) is 0 Å². The maximum Gasteiger partial charge on any atom is 0.229 e. The third kappa shape index (κ3) is 3.85. The quantitative estimate of drug-likeness (QED) is 0.839. The number of rotatable bonds is 4. The summed E-state index contributed by atoms with van der Waals surface area (Å²) >= 11 is 0. The van der Waals surface area contributed by atoms with E-state index in [1.165, 1.54) is 19.3 Å². The number of hydrogen-bond acceptors (Lipinski definition) is 2. The standard InChI is InChI=1S/C13H24N2O.ClH/c1-13(7-3-8-14-10-13)12(16)15(2)9-6-11-4-5-11;/h11,14H,3-10H2,1-2H3;1H. The Morgan fingerprint density at radius 3 is 2.71 bits per heavy atom. The normalized spacial score (nSPS) is 28.4. The van der Waals surface area contributed by atoms with Crippen molar-refractivity contribution in [1.29, 1.82) is 0 Å². The molecule has 0 aromatic carbocycles. The van der Waals surface area contributed by atoms with Crippen molar-refractivity contribution in [3.8, 4) is 0 Å². The van der Waals surface area contributed by atoms with Gasteiger partial charge in [0.15, 0.2) is 0 Å². The highest BCUT2D eigenvalue weighted by atomic mass is 35.5. The van der Waals surface area contributed by atoms with Crippen LogP contribution in [0.2, 0.25) is 0 Å². The maximum absolute atomic E-state index is 12.3. The number of hydrogen-bond donors (Lipinski definition) is 1. The zero-order valence-corrected chi connectivity index (χ0v) is 11.8. The largest absolute Gasteiger partial charge is 0.345 e. The van der Waals surface area contributed by atoms with E-state index in [2.05, 4.69) is 12.2 Å². The van der Waals surface area contributed by atoms with E-state index < -0.39 is 0 Å². The highest BCUT2D eigenvalue weighted by molar-refractivity contribution is 5.85. The predicted octanol–water partition coefficient (Wildman–Crippen LogP) is 2.06. The molecule has 1 unspecified atom stereocenters. The molecule has 1 N–H and O–H groups in total. The first-order valence-corrected chi connectivity index (χ1v) is 6.58. The van der Waals surface area contributed by atoms with Crippen LogP contribution >= 0.6 is 12.4 Å². The molecular formula is C13H25ClN2O. The molecule has 1 heterocycles. The lowest BCUT2D eigenvalue weighted by Gasteiger charge is -2.36. The molecule has 1 atom stereocenters. The van der Waals surface area contributed by atoms with Gasteiger partial charge in [-0.2, -0.15) is 0 Å². The number of piperidine rings is 1. The van der Waals surface area contributed by atoms with Gasteiger partial charge in [-0.05, 0) is 38.6 Å². The highest BCUT2D eigenvalue weighted by Crippen LogP contribution is 2.33. The number of nitrogens with zero attached hydrogens (tertiary/aromatic N) is 1. The molecule has 2 aliphatic rings. The van der Waals surface area contributed by atoms with E-state index in [1.54, 1.807) is 0 Å². The first kappa shape index (κ1) is 14.8. The lowest BCUT2D eigenvalue weighted by molar-refractivity contribution is -0.140. The molecule has 1 aliphatic carbocycles. The monoisotopic (exact) mass is 260 g/mol.